The fraction of sp³-hybridized carbons (Fsp3) is 0.0769. The van der Waals surface area contributed by atoms with Crippen molar-refractivity contribution in [1.82, 2.24) is 25.6 Å². The second-order valence-electron chi connectivity index (χ2n) is 4.41. The zero-order valence-corrected chi connectivity index (χ0v) is 13.1. The van der Waals surface area contributed by atoms with Gasteiger partial charge in [0.1, 0.15) is 11.4 Å². The number of benzene rings is 1. The first-order chi connectivity index (χ1) is 11.7. The summed E-state index contributed by atoms with van der Waals surface area (Å²) in [5.74, 6) is -0.146. The quantitative estimate of drug-likeness (QED) is 0.631. The highest BCUT2D eigenvalue weighted by molar-refractivity contribution is 7.14. The molecular weight excluding hydrogens is 334 g/mol. The maximum Gasteiger partial charge on any atom is 0.277 e. The minimum Gasteiger partial charge on any atom is -0.497 e. The Bertz CT molecular complexity index is 845. The molecule has 0 radical (unpaired) electrons. The summed E-state index contributed by atoms with van der Waals surface area (Å²) < 4.78 is 5.04. The summed E-state index contributed by atoms with van der Waals surface area (Å²) in [5.41, 5.74) is 0.582. The average molecular weight is 345 g/mol. The molecule has 122 valence electrons. The Kier molecular flexibility index (Phi) is 4.43. The molecule has 0 unspecified atom stereocenters. The van der Waals surface area contributed by atoms with Crippen molar-refractivity contribution in [2.75, 3.05) is 17.7 Å². The molecule has 0 saturated heterocycles. The Hall–Kier alpha value is -3.34. The van der Waals surface area contributed by atoms with Crippen LogP contribution in [0, 0.1) is 0 Å². The number of hydrogen-bond acceptors (Lipinski definition) is 8. The lowest BCUT2D eigenvalue weighted by Gasteiger charge is -2.03. The normalized spacial score (nSPS) is 10.2. The van der Waals surface area contributed by atoms with Gasteiger partial charge in [-0.2, -0.15) is 5.21 Å². The molecule has 0 aliphatic rings. The van der Waals surface area contributed by atoms with E-state index in [0.717, 1.165) is 11.3 Å². The molecule has 11 heteroatoms. The minimum absolute atomic E-state index is 0.0387. The summed E-state index contributed by atoms with van der Waals surface area (Å²) >= 11 is 1.13. The summed E-state index contributed by atoms with van der Waals surface area (Å²) in [4.78, 5) is 28.1. The molecule has 2 amide bonds. The van der Waals surface area contributed by atoms with Gasteiger partial charge in [0, 0.05) is 10.9 Å². The Balaban J connectivity index is 1.64. The molecule has 0 atom stereocenters. The number of aromatic amines is 1. The van der Waals surface area contributed by atoms with E-state index in [1.165, 1.54) is 5.38 Å². The van der Waals surface area contributed by atoms with Crippen LogP contribution in [0.25, 0.3) is 0 Å². The van der Waals surface area contributed by atoms with E-state index in [1.807, 2.05) is 0 Å². The van der Waals surface area contributed by atoms with Crippen LogP contribution in [0.1, 0.15) is 20.8 Å². The number of tetrazole rings is 1. The van der Waals surface area contributed by atoms with Crippen molar-refractivity contribution in [2.24, 2.45) is 0 Å². The summed E-state index contributed by atoms with van der Waals surface area (Å²) in [6, 6.07) is 6.62. The second-order valence-corrected chi connectivity index (χ2v) is 5.27. The molecule has 2 heterocycles. The first kappa shape index (κ1) is 15.6. The molecule has 0 fully saturated rings. The van der Waals surface area contributed by atoms with Crippen molar-refractivity contribution in [3.05, 3.63) is 40.9 Å². The number of thiazole rings is 1. The van der Waals surface area contributed by atoms with Crippen molar-refractivity contribution >= 4 is 34.2 Å². The van der Waals surface area contributed by atoms with Gasteiger partial charge in [-0.25, -0.2) is 4.98 Å². The number of rotatable bonds is 5. The van der Waals surface area contributed by atoms with Crippen molar-refractivity contribution in [3.8, 4) is 5.75 Å². The van der Waals surface area contributed by atoms with Crippen LogP contribution in [-0.4, -0.2) is 44.5 Å². The van der Waals surface area contributed by atoms with Gasteiger partial charge in [0.05, 0.1) is 7.11 Å². The monoisotopic (exact) mass is 345 g/mol. The van der Waals surface area contributed by atoms with Crippen molar-refractivity contribution in [3.63, 3.8) is 0 Å². The number of H-pyrrole nitrogens is 1. The smallest absolute Gasteiger partial charge is 0.277 e. The van der Waals surface area contributed by atoms with Crippen molar-refractivity contribution in [1.29, 1.82) is 0 Å². The van der Waals surface area contributed by atoms with E-state index in [4.69, 9.17) is 4.74 Å². The number of carbonyl (C=O) groups excluding carboxylic acids is 2. The van der Waals surface area contributed by atoms with Gasteiger partial charge in [-0.1, -0.05) is 5.10 Å². The van der Waals surface area contributed by atoms with E-state index < -0.39 is 5.91 Å². The number of amides is 2. The topological polar surface area (TPSA) is 135 Å². The molecular formula is C13H11N7O3S. The Morgan fingerprint density at radius 1 is 1.17 bits per heavy atom. The van der Waals surface area contributed by atoms with Crippen LogP contribution in [0.4, 0.5) is 11.1 Å². The molecule has 3 aromatic rings. The number of anilines is 2. The molecule has 2 aromatic heterocycles. The zero-order chi connectivity index (χ0) is 16.9. The van der Waals surface area contributed by atoms with Gasteiger partial charge in [-0.15, -0.1) is 16.4 Å². The molecule has 0 saturated carbocycles. The maximum atomic E-state index is 12.1. The number of ether oxygens (including phenoxy) is 1. The molecule has 3 N–H and O–H groups in total. The molecule has 0 spiro atoms. The van der Waals surface area contributed by atoms with Crippen LogP contribution in [0.3, 0.4) is 0 Å². The molecule has 1 aromatic carbocycles. The highest BCUT2D eigenvalue weighted by Gasteiger charge is 2.15. The number of carbonyl (C=O) groups is 2. The molecule has 0 aliphatic carbocycles. The highest BCUT2D eigenvalue weighted by Crippen LogP contribution is 2.18. The van der Waals surface area contributed by atoms with E-state index in [2.05, 4.69) is 36.2 Å². The standard InChI is InChI=1S/C13H11N7O3S/c1-23-8-4-2-7(3-5-8)10(21)16-13-14-9(6-24-13)11(22)15-12-17-19-20-18-12/h2-6H,1H3,(H,14,16,21)(H2,15,17,18,19,20,22). The number of nitrogens with zero attached hydrogens (tertiary/aromatic N) is 4. The van der Waals surface area contributed by atoms with E-state index in [1.54, 1.807) is 31.4 Å². The third-order valence-corrected chi connectivity index (χ3v) is 3.64. The number of hydrogen-bond donors (Lipinski definition) is 3. The van der Waals surface area contributed by atoms with Crippen LogP contribution in [0.15, 0.2) is 29.6 Å². The van der Waals surface area contributed by atoms with E-state index in [-0.39, 0.29) is 17.5 Å². The predicted octanol–water partition coefficient (Wildman–Crippen LogP) is 1.17. The SMILES string of the molecule is COc1ccc(C(=O)Nc2nc(C(=O)Nc3nn[nH]n3)cs2)cc1. The third-order valence-electron chi connectivity index (χ3n) is 2.88. The van der Waals surface area contributed by atoms with Crippen LogP contribution in [0.2, 0.25) is 0 Å². The first-order valence-electron chi connectivity index (χ1n) is 6.61. The maximum absolute atomic E-state index is 12.1. The van der Waals surface area contributed by atoms with Crippen LogP contribution in [-0.2, 0) is 0 Å². The van der Waals surface area contributed by atoms with Crippen molar-refractivity contribution in [2.45, 2.75) is 0 Å². The van der Waals surface area contributed by atoms with Gasteiger partial charge in [-0.3, -0.25) is 20.2 Å². The fourth-order valence-corrected chi connectivity index (χ4v) is 2.41. The molecule has 0 aliphatic heterocycles. The summed E-state index contributed by atoms with van der Waals surface area (Å²) in [6.45, 7) is 0. The van der Waals surface area contributed by atoms with Gasteiger partial charge >= 0.3 is 0 Å². The lowest BCUT2D eigenvalue weighted by Crippen LogP contribution is -2.15. The molecule has 24 heavy (non-hydrogen) atoms. The molecule has 10 nitrogen and oxygen atoms in total. The highest BCUT2D eigenvalue weighted by atomic mass is 32.1. The minimum atomic E-state index is -0.502. The number of aromatic nitrogens is 5. The van der Waals surface area contributed by atoms with Crippen molar-refractivity contribution < 1.29 is 14.3 Å². The van der Waals surface area contributed by atoms with Gasteiger partial charge in [0.2, 0.25) is 0 Å². The van der Waals surface area contributed by atoms with Crippen LogP contribution in [0.5, 0.6) is 5.75 Å². The number of methoxy groups -OCH3 is 1. The zero-order valence-electron chi connectivity index (χ0n) is 12.3. The molecule has 0 bridgehead atoms. The molecule has 3 rings (SSSR count). The van der Waals surface area contributed by atoms with Gasteiger partial charge < -0.3 is 4.74 Å². The lowest BCUT2D eigenvalue weighted by atomic mass is 10.2. The summed E-state index contributed by atoms with van der Waals surface area (Å²) in [5, 5.41) is 19.6. The second kappa shape index (κ2) is 6.83. The summed E-state index contributed by atoms with van der Waals surface area (Å²) in [6.07, 6.45) is 0. The Morgan fingerprint density at radius 3 is 2.62 bits per heavy atom. The lowest BCUT2D eigenvalue weighted by molar-refractivity contribution is 0.101. The Labute approximate surface area is 139 Å². The van der Waals surface area contributed by atoms with Gasteiger partial charge in [-0.05, 0) is 29.5 Å². The Morgan fingerprint density at radius 2 is 1.96 bits per heavy atom. The van der Waals surface area contributed by atoms with Gasteiger partial charge in [0.25, 0.3) is 17.8 Å². The predicted molar refractivity (Wildman–Crippen MR) is 85.2 cm³/mol. The fourth-order valence-electron chi connectivity index (χ4n) is 1.73. The van der Waals surface area contributed by atoms with E-state index >= 15 is 0 Å². The average Bonchev–Trinajstić information content (AvgIpc) is 3.27. The van der Waals surface area contributed by atoms with E-state index in [0.29, 0.717) is 16.4 Å². The first-order valence-corrected chi connectivity index (χ1v) is 7.49. The van der Waals surface area contributed by atoms with Gasteiger partial charge in [0.15, 0.2) is 5.13 Å². The van der Waals surface area contributed by atoms with E-state index in [9.17, 15) is 9.59 Å². The summed E-state index contributed by atoms with van der Waals surface area (Å²) in [7, 11) is 1.55. The largest absolute Gasteiger partial charge is 0.497 e. The van der Waals surface area contributed by atoms with Crippen LogP contribution < -0.4 is 15.4 Å². The number of nitrogens with one attached hydrogen (secondary N) is 3. The third kappa shape index (κ3) is 3.52. The van der Waals surface area contributed by atoms with Crippen LogP contribution >= 0.6 is 11.3 Å².